The molecule has 1 amide bonds. The predicted molar refractivity (Wildman–Crippen MR) is 104 cm³/mol. The molecule has 0 saturated carbocycles. The summed E-state index contributed by atoms with van der Waals surface area (Å²) in [6, 6.07) is 9.34. The minimum atomic E-state index is -0.808. The van der Waals surface area contributed by atoms with Gasteiger partial charge in [-0.05, 0) is 29.3 Å². The Hall–Kier alpha value is -2.93. The third kappa shape index (κ3) is 3.35. The first kappa shape index (κ1) is 19.4. The number of rotatable bonds is 5. The Kier molecular flexibility index (Phi) is 5.00. The number of carbonyl (C=O) groups excluding carboxylic acids is 1. The molecule has 0 N–H and O–H groups in total. The molecule has 0 fully saturated rings. The molecule has 1 unspecified atom stereocenters. The summed E-state index contributed by atoms with van der Waals surface area (Å²) in [7, 11) is 2.98. The number of carbonyl (C=O) groups is 1. The van der Waals surface area contributed by atoms with Crippen LogP contribution in [0.1, 0.15) is 33.2 Å². The van der Waals surface area contributed by atoms with Gasteiger partial charge in [-0.25, -0.2) is 8.78 Å². The largest absolute Gasteiger partial charge is 0.491 e. The van der Waals surface area contributed by atoms with Gasteiger partial charge in [-0.15, -0.1) is 0 Å². The van der Waals surface area contributed by atoms with E-state index in [0.717, 1.165) is 11.3 Å². The molecule has 29 heavy (non-hydrogen) atoms. The van der Waals surface area contributed by atoms with Gasteiger partial charge in [-0.1, -0.05) is 29.8 Å². The summed E-state index contributed by atoms with van der Waals surface area (Å²) in [5, 5.41) is 4.66. The Bertz CT molecular complexity index is 1060. The molecule has 3 aromatic rings. The molecule has 1 aromatic heterocycles. The van der Waals surface area contributed by atoms with E-state index in [4.69, 9.17) is 16.3 Å². The van der Waals surface area contributed by atoms with E-state index in [2.05, 4.69) is 5.10 Å². The zero-order valence-electron chi connectivity index (χ0n) is 15.8. The van der Waals surface area contributed by atoms with Crippen molar-refractivity contribution in [3.8, 4) is 5.75 Å². The van der Waals surface area contributed by atoms with Crippen LogP contribution in [0.2, 0.25) is 5.02 Å². The highest BCUT2D eigenvalue weighted by Crippen LogP contribution is 2.38. The number of fused-ring (bicyclic) bond motifs is 1. The normalized spacial score (nSPS) is 15.7. The minimum absolute atomic E-state index is 0.0471. The lowest BCUT2D eigenvalue weighted by Crippen LogP contribution is -2.29. The minimum Gasteiger partial charge on any atom is -0.491 e. The second-order valence-electron chi connectivity index (χ2n) is 6.90. The van der Waals surface area contributed by atoms with Crippen LogP contribution in [0.4, 0.5) is 8.78 Å². The molecule has 2 aromatic carbocycles. The maximum atomic E-state index is 14.2. The Morgan fingerprint density at radius 3 is 2.52 bits per heavy atom. The highest BCUT2D eigenvalue weighted by atomic mass is 35.5. The van der Waals surface area contributed by atoms with Crippen LogP contribution >= 0.6 is 11.6 Å². The average molecular weight is 418 g/mol. The van der Waals surface area contributed by atoms with Crippen LogP contribution in [0.15, 0.2) is 42.6 Å². The van der Waals surface area contributed by atoms with Gasteiger partial charge in [0.05, 0.1) is 30.1 Å². The van der Waals surface area contributed by atoms with Gasteiger partial charge in [-0.3, -0.25) is 9.48 Å². The van der Waals surface area contributed by atoms with Crippen molar-refractivity contribution in [2.75, 3.05) is 7.11 Å². The lowest BCUT2D eigenvalue weighted by Gasteiger charge is -2.26. The molecule has 1 atom stereocenters. The van der Waals surface area contributed by atoms with E-state index >= 15 is 0 Å². The van der Waals surface area contributed by atoms with Crippen molar-refractivity contribution in [2.24, 2.45) is 7.05 Å². The summed E-state index contributed by atoms with van der Waals surface area (Å²) in [4.78, 5) is 14.7. The second kappa shape index (κ2) is 7.48. The van der Waals surface area contributed by atoms with E-state index in [9.17, 15) is 13.6 Å². The van der Waals surface area contributed by atoms with Crippen LogP contribution in [-0.4, -0.2) is 27.7 Å². The van der Waals surface area contributed by atoms with Gasteiger partial charge in [-0.2, -0.15) is 5.10 Å². The monoisotopic (exact) mass is 417 g/mol. The van der Waals surface area contributed by atoms with Crippen molar-refractivity contribution in [3.05, 3.63) is 81.6 Å². The lowest BCUT2D eigenvalue weighted by molar-refractivity contribution is 0.0707. The maximum Gasteiger partial charge on any atom is 0.255 e. The molecule has 1 aliphatic heterocycles. The number of methoxy groups -OCH3 is 1. The fraction of sp³-hybridized carbons (Fsp3) is 0.238. The van der Waals surface area contributed by atoms with Gasteiger partial charge in [0.25, 0.3) is 5.91 Å². The molecular weight excluding hydrogens is 400 g/mol. The molecule has 0 spiro atoms. The summed E-state index contributed by atoms with van der Waals surface area (Å²) in [6.45, 7) is 0.0471. The van der Waals surface area contributed by atoms with Crippen molar-refractivity contribution in [2.45, 2.75) is 19.0 Å². The Morgan fingerprint density at radius 2 is 1.90 bits per heavy atom. The lowest BCUT2D eigenvalue weighted by atomic mass is 10.0. The number of aryl methyl sites for hydroxylation is 1. The summed E-state index contributed by atoms with van der Waals surface area (Å²) < 4.78 is 34.7. The van der Waals surface area contributed by atoms with Crippen molar-refractivity contribution < 1.29 is 18.3 Å². The van der Waals surface area contributed by atoms with E-state index in [1.165, 1.54) is 19.2 Å². The number of aromatic nitrogens is 2. The quantitative estimate of drug-likeness (QED) is 0.622. The van der Waals surface area contributed by atoms with Crippen LogP contribution in [-0.2, 0) is 20.0 Å². The Labute approximate surface area is 171 Å². The van der Waals surface area contributed by atoms with Gasteiger partial charge < -0.3 is 9.64 Å². The summed E-state index contributed by atoms with van der Waals surface area (Å²) in [5.74, 6) is -2.25. The van der Waals surface area contributed by atoms with Crippen LogP contribution < -0.4 is 4.74 Å². The van der Waals surface area contributed by atoms with Crippen molar-refractivity contribution >= 4 is 17.5 Å². The van der Waals surface area contributed by atoms with Crippen molar-refractivity contribution in [3.63, 3.8) is 0 Å². The molecule has 8 heteroatoms. The van der Waals surface area contributed by atoms with Gasteiger partial charge in [0.1, 0.15) is 0 Å². The third-order valence-corrected chi connectivity index (χ3v) is 5.52. The number of hydrogen-bond acceptors (Lipinski definition) is 3. The van der Waals surface area contributed by atoms with Gasteiger partial charge in [0, 0.05) is 25.6 Å². The average Bonchev–Trinajstić information content (AvgIpc) is 3.14. The number of nitrogens with zero attached hydrogens (tertiary/aromatic N) is 3. The highest BCUT2D eigenvalue weighted by Gasteiger charge is 2.37. The van der Waals surface area contributed by atoms with Gasteiger partial charge >= 0.3 is 0 Å². The predicted octanol–water partition coefficient (Wildman–Crippen LogP) is 4.30. The standard InChI is InChI=1S/C21H18ClF2N3O2/c1-26-19(15(22)10-25-26)9-18-13-5-3-4-6-14(13)21(28)27(18)11-12-7-16(23)20(29-2)17(24)8-12/h3-8,10,18H,9,11H2,1-2H3. The Morgan fingerprint density at radius 1 is 1.21 bits per heavy atom. The van der Waals surface area contributed by atoms with E-state index < -0.39 is 17.4 Å². The molecule has 1 aliphatic rings. The molecule has 5 nitrogen and oxygen atoms in total. The number of halogens is 3. The fourth-order valence-corrected chi connectivity index (χ4v) is 4.04. The third-order valence-electron chi connectivity index (χ3n) is 5.20. The molecule has 0 aliphatic carbocycles. The van der Waals surface area contributed by atoms with Crippen molar-refractivity contribution in [1.29, 1.82) is 0 Å². The zero-order chi connectivity index (χ0) is 20.7. The molecule has 150 valence electrons. The van der Waals surface area contributed by atoms with E-state index in [-0.39, 0.29) is 18.5 Å². The van der Waals surface area contributed by atoms with Gasteiger partial charge in [0.2, 0.25) is 0 Å². The number of hydrogen-bond donors (Lipinski definition) is 0. The Balaban J connectivity index is 1.72. The summed E-state index contributed by atoms with van der Waals surface area (Å²) in [6.07, 6.45) is 1.98. The SMILES string of the molecule is COc1c(F)cc(CN2C(=O)c3ccccc3C2Cc2c(Cl)cnn2C)cc1F. The number of ether oxygens (including phenoxy) is 1. The van der Waals surface area contributed by atoms with Crippen LogP contribution in [0.5, 0.6) is 5.75 Å². The smallest absolute Gasteiger partial charge is 0.255 e. The molecule has 0 bridgehead atoms. The van der Waals surface area contributed by atoms with Crippen molar-refractivity contribution in [1.82, 2.24) is 14.7 Å². The number of benzene rings is 2. The van der Waals surface area contributed by atoms with Crippen LogP contribution in [0, 0.1) is 11.6 Å². The van der Waals surface area contributed by atoms with Crippen LogP contribution in [0.3, 0.4) is 0 Å². The first-order valence-electron chi connectivity index (χ1n) is 8.99. The first-order chi connectivity index (χ1) is 13.9. The maximum absolute atomic E-state index is 14.2. The highest BCUT2D eigenvalue weighted by molar-refractivity contribution is 6.31. The molecule has 2 heterocycles. The topological polar surface area (TPSA) is 47.4 Å². The van der Waals surface area contributed by atoms with Crippen LogP contribution in [0.25, 0.3) is 0 Å². The second-order valence-corrected chi connectivity index (χ2v) is 7.30. The molecular formula is C21H18ClF2N3O2. The summed E-state index contributed by atoms with van der Waals surface area (Å²) >= 11 is 6.27. The first-order valence-corrected chi connectivity index (χ1v) is 9.36. The van der Waals surface area contributed by atoms with E-state index in [1.807, 2.05) is 12.1 Å². The van der Waals surface area contributed by atoms with Gasteiger partial charge in [0.15, 0.2) is 17.4 Å². The molecule has 0 radical (unpaired) electrons. The van der Waals surface area contributed by atoms with E-state index in [1.54, 1.807) is 35.0 Å². The fourth-order valence-electron chi connectivity index (χ4n) is 3.79. The zero-order valence-corrected chi connectivity index (χ0v) is 16.6. The number of amides is 1. The summed E-state index contributed by atoms with van der Waals surface area (Å²) in [5.41, 5.74) is 2.54. The van der Waals surface area contributed by atoms with E-state index in [0.29, 0.717) is 22.6 Å². The molecule has 0 saturated heterocycles. The molecule has 4 rings (SSSR count).